The van der Waals surface area contributed by atoms with Crippen molar-refractivity contribution in [1.82, 2.24) is 9.80 Å². The average Bonchev–Trinajstić information content (AvgIpc) is 2.42. The van der Waals surface area contributed by atoms with Gasteiger partial charge in [0.05, 0.1) is 0 Å². The summed E-state index contributed by atoms with van der Waals surface area (Å²) in [5.74, 6) is 0. The van der Waals surface area contributed by atoms with Crippen molar-refractivity contribution in [2.24, 2.45) is 0 Å². The molecule has 0 aromatic carbocycles. The Morgan fingerprint density at radius 3 is 2.21 bits per heavy atom. The molecule has 1 heterocycles. The van der Waals surface area contributed by atoms with E-state index in [1.165, 1.54) is 31.1 Å². The predicted octanol–water partition coefficient (Wildman–Crippen LogP) is -0.0973. The maximum Gasteiger partial charge on any atom is 0.325 e. The molecule has 1 fully saturated rings. The van der Waals surface area contributed by atoms with Crippen LogP contribution >= 0.6 is 0 Å². The fraction of sp³-hybridized carbons (Fsp3) is 0.875. The monoisotopic (exact) mass is 204 g/mol. The standard InChI is InChI=1S/C8H16N2O4/c1-9-6(13-3)7(14-4)10(5-12-2)8(9)11/h6-7H,5H2,1-4H3. The third-order valence-corrected chi connectivity index (χ3v) is 2.23. The topological polar surface area (TPSA) is 51.2 Å². The summed E-state index contributed by atoms with van der Waals surface area (Å²) in [5.41, 5.74) is 0. The van der Waals surface area contributed by atoms with Crippen LogP contribution in [0.2, 0.25) is 0 Å². The summed E-state index contributed by atoms with van der Waals surface area (Å²) >= 11 is 0. The number of nitrogens with zero attached hydrogens (tertiary/aromatic N) is 2. The van der Waals surface area contributed by atoms with Gasteiger partial charge in [0.15, 0.2) is 12.5 Å². The Morgan fingerprint density at radius 1 is 1.21 bits per heavy atom. The van der Waals surface area contributed by atoms with Gasteiger partial charge in [-0.2, -0.15) is 0 Å². The van der Waals surface area contributed by atoms with Crippen LogP contribution < -0.4 is 0 Å². The summed E-state index contributed by atoms with van der Waals surface area (Å²) < 4.78 is 15.2. The Balaban J connectivity index is 2.79. The number of rotatable bonds is 4. The van der Waals surface area contributed by atoms with Gasteiger partial charge in [0.1, 0.15) is 6.73 Å². The van der Waals surface area contributed by atoms with Crippen molar-refractivity contribution in [2.45, 2.75) is 12.5 Å². The first-order valence-electron chi connectivity index (χ1n) is 4.25. The second-order valence-corrected chi connectivity index (χ2v) is 3.03. The Labute approximate surface area is 83.3 Å². The van der Waals surface area contributed by atoms with Gasteiger partial charge in [0.2, 0.25) is 0 Å². The molecule has 6 nitrogen and oxygen atoms in total. The van der Waals surface area contributed by atoms with E-state index in [0.29, 0.717) is 0 Å². The lowest BCUT2D eigenvalue weighted by Gasteiger charge is -2.23. The first kappa shape index (κ1) is 11.2. The number of hydrogen-bond acceptors (Lipinski definition) is 4. The number of hydrogen-bond donors (Lipinski definition) is 0. The molecule has 0 aliphatic carbocycles. The molecule has 1 aliphatic heterocycles. The molecule has 2 amide bonds. The van der Waals surface area contributed by atoms with Crippen LogP contribution in [-0.4, -0.2) is 63.4 Å². The van der Waals surface area contributed by atoms with Gasteiger partial charge in [-0.05, 0) is 0 Å². The highest BCUT2D eigenvalue weighted by Crippen LogP contribution is 2.22. The highest BCUT2D eigenvalue weighted by Gasteiger charge is 2.44. The van der Waals surface area contributed by atoms with Crippen LogP contribution in [0.15, 0.2) is 0 Å². The van der Waals surface area contributed by atoms with Crippen molar-refractivity contribution < 1.29 is 19.0 Å². The molecule has 0 radical (unpaired) electrons. The predicted molar refractivity (Wildman–Crippen MR) is 48.5 cm³/mol. The Hall–Kier alpha value is -0.850. The first-order chi connectivity index (χ1) is 6.67. The van der Waals surface area contributed by atoms with Gasteiger partial charge >= 0.3 is 6.03 Å². The molecule has 0 saturated carbocycles. The summed E-state index contributed by atoms with van der Waals surface area (Å²) in [6.45, 7) is 0.196. The molecular formula is C8H16N2O4. The number of carbonyl (C=O) groups is 1. The largest absolute Gasteiger partial charge is 0.364 e. The van der Waals surface area contributed by atoms with E-state index in [0.717, 1.165) is 0 Å². The highest BCUT2D eigenvalue weighted by molar-refractivity contribution is 5.76. The molecule has 82 valence electrons. The minimum atomic E-state index is -0.419. The third kappa shape index (κ3) is 1.68. The first-order valence-corrected chi connectivity index (χ1v) is 4.25. The van der Waals surface area contributed by atoms with E-state index < -0.39 is 6.23 Å². The van der Waals surface area contributed by atoms with Crippen LogP contribution in [0, 0.1) is 0 Å². The Morgan fingerprint density at radius 2 is 1.79 bits per heavy atom. The molecule has 0 N–H and O–H groups in total. The van der Waals surface area contributed by atoms with Crippen LogP contribution in [0.5, 0.6) is 0 Å². The van der Waals surface area contributed by atoms with Gasteiger partial charge in [0, 0.05) is 28.4 Å². The van der Waals surface area contributed by atoms with Crippen LogP contribution in [0.1, 0.15) is 0 Å². The number of likely N-dealkylation sites (N-methyl/N-ethyl adjacent to an activating group) is 1. The lowest BCUT2D eigenvalue weighted by molar-refractivity contribution is -0.118. The van der Waals surface area contributed by atoms with E-state index in [1.54, 1.807) is 7.05 Å². The second kappa shape index (κ2) is 4.59. The van der Waals surface area contributed by atoms with Gasteiger partial charge in [-0.15, -0.1) is 0 Å². The van der Waals surface area contributed by atoms with Crippen molar-refractivity contribution in [3.05, 3.63) is 0 Å². The van der Waals surface area contributed by atoms with Crippen molar-refractivity contribution in [3.8, 4) is 0 Å². The minimum absolute atomic E-state index is 0.162. The molecule has 0 aromatic rings. The summed E-state index contributed by atoms with van der Waals surface area (Å²) in [4.78, 5) is 14.6. The number of carbonyl (C=O) groups excluding carboxylic acids is 1. The number of amides is 2. The van der Waals surface area contributed by atoms with Crippen molar-refractivity contribution in [3.63, 3.8) is 0 Å². The van der Waals surface area contributed by atoms with E-state index in [-0.39, 0.29) is 19.0 Å². The van der Waals surface area contributed by atoms with Crippen LogP contribution in [0.4, 0.5) is 4.79 Å². The third-order valence-electron chi connectivity index (χ3n) is 2.23. The summed E-state index contributed by atoms with van der Waals surface area (Å²) in [6, 6.07) is -0.162. The highest BCUT2D eigenvalue weighted by atomic mass is 16.6. The van der Waals surface area contributed by atoms with E-state index in [4.69, 9.17) is 14.2 Å². The summed E-state index contributed by atoms with van der Waals surface area (Å²) in [6.07, 6.45) is -0.805. The zero-order chi connectivity index (χ0) is 10.7. The van der Waals surface area contributed by atoms with Gasteiger partial charge in [-0.1, -0.05) is 0 Å². The fourth-order valence-corrected chi connectivity index (χ4v) is 1.55. The van der Waals surface area contributed by atoms with Gasteiger partial charge in [-0.25, -0.2) is 4.79 Å². The molecular weight excluding hydrogens is 188 g/mol. The van der Waals surface area contributed by atoms with E-state index >= 15 is 0 Å². The van der Waals surface area contributed by atoms with Gasteiger partial charge in [0.25, 0.3) is 0 Å². The van der Waals surface area contributed by atoms with Crippen LogP contribution in [0.25, 0.3) is 0 Å². The second-order valence-electron chi connectivity index (χ2n) is 3.03. The Bertz CT molecular complexity index is 212. The zero-order valence-corrected chi connectivity index (χ0v) is 8.89. The molecule has 0 spiro atoms. The smallest absolute Gasteiger partial charge is 0.325 e. The molecule has 1 saturated heterocycles. The number of ether oxygens (including phenoxy) is 3. The van der Waals surface area contributed by atoms with Gasteiger partial charge in [-0.3, -0.25) is 9.80 Å². The number of methoxy groups -OCH3 is 3. The summed E-state index contributed by atoms with van der Waals surface area (Å²) in [7, 11) is 6.26. The summed E-state index contributed by atoms with van der Waals surface area (Å²) in [5, 5.41) is 0. The fourth-order valence-electron chi connectivity index (χ4n) is 1.55. The molecule has 0 aromatic heterocycles. The zero-order valence-electron chi connectivity index (χ0n) is 8.89. The number of urea groups is 1. The van der Waals surface area contributed by atoms with Crippen LogP contribution in [0.3, 0.4) is 0 Å². The maximum absolute atomic E-state index is 11.6. The quantitative estimate of drug-likeness (QED) is 0.642. The van der Waals surface area contributed by atoms with Crippen molar-refractivity contribution in [1.29, 1.82) is 0 Å². The maximum atomic E-state index is 11.6. The Kier molecular flexibility index (Phi) is 3.68. The normalized spacial score (nSPS) is 27.6. The lowest BCUT2D eigenvalue weighted by atomic mass is 10.5. The molecule has 14 heavy (non-hydrogen) atoms. The average molecular weight is 204 g/mol. The molecule has 0 bridgehead atoms. The van der Waals surface area contributed by atoms with E-state index in [9.17, 15) is 4.79 Å². The molecule has 2 unspecified atom stereocenters. The van der Waals surface area contributed by atoms with E-state index in [1.807, 2.05) is 0 Å². The van der Waals surface area contributed by atoms with Gasteiger partial charge < -0.3 is 14.2 Å². The molecule has 2 atom stereocenters. The molecule has 1 rings (SSSR count). The molecule has 6 heteroatoms. The lowest BCUT2D eigenvalue weighted by Crippen LogP contribution is -2.40. The van der Waals surface area contributed by atoms with E-state index in [2.05, 4.69) is 0 Å². The van der Waals surface area contributed by atoms with Crippen molar-refractivity contribution in [2.75, 3.05) is 35.1 Å². The minimum Gasteiger partial charge on any atom is -0.364 e. The molecule has 1 aliphatic rings. The SMILES string of the molecule is COCN1C(=O)N(C)C(OC)C1OC. The van der Waals surface area contributed by atoms with Crippen molar-refractivity contribution >= 4 is 6.03 Å². The van der Waals surface area contributed by atoms with Crippen LogP contribution in [-0.2, 0) is 14.2 Å².